The van der Waals surface area contributed by atoms with Crippen LogP contribution in [0.4, 0.5) is 0 Å². The number of fused-ring (bicyclic) bond motifs is 3. The summed E-state index contributed by atoms with van der Waals surface area (Å²) in [4.78, 5) is 24.4. The van der Waals surface area contributed by atoms with Crippen molar-refractivity contribution in [2.75, 3.05) is 6.61 Å². The Kier molecular flexibility index (Phi) is 3.22. The minimum Gasteiger partial charge on any atom is -0.389 e. The van der Waals surface area contributed by atoms with Crippen LogP contribution in [0.25, 0.3) is 0 Å². The van der Waals surface area contributed by atoms with Crippen LogP contribution in [0.5, 0.6) is 0 Å². The van der Waals surface area contributed by atoms with Crippen LogP contribution in [-0.2, 0) is 14.3 Å². The lowest BCUT2D eigenvalue weighted by Gasteiger charge is -2.54. The molecule has 1 heterocycles. The quantitative estimate of drug-likeness (QED) is 0.773. The number of epoxide rings is 1. The molecule has 0 amide bonds. The molecule has 26 heavy (non-hydrogen) atoms. The molecule has 5 aliphatic rings. The van der Waals surface area contributed by atoms with Gasteiger partial charge in [0.05, 0.1) is 6.10 Å². The van der Waals surface area contributed by atoms with E-state index in [9.17, 15) is 14.7 Å². The van der Waals surface area contributed by atoms with Crippen LogP contribution in [-0.4, -0.2) is 35.0 Å². The van der Waals surface area contributed by atoms with E-state index in [1.807, 2.05) is 6.08 Å². The van der Waals surface area contributed by atoms with Crippen molar-refractivity contribution >= 4 is 11.6 Å². The smallest absolute Gasteiger partial charge is 0.178 e. The second-order valence-corrected chi connectivity index (χ2v) is 9.78. The van der Waals surface area contributed by atoms with Crippen molar-refractivity contribution in [2.45, 2.75) is 58.2 Å². The number of aliphatic hydroxyl groups excluding tert-OH is 1. The SMILES string of the molecule is CC1CC2C3CCC4=CC(=O)C=C[C@]4(C)[C@@]34OC4C[C@]2(C)C1C(=O)CO. The fourth-order valence-electron chi connectivity index (χ4n) is 7.80. The summed E-state index contributed by atoms with van der Waals surface area (Å²) in [5.74, 6) is 1.21. The van der Waals surface area contributed by atoms with Gasteiger partial charge in [-0.25, -0.2) is 0 Å². The number of hydrogen-bond acceptors (Lipinski definition) is 4. The third-order valence-electron chi connectivity index (χ3n) is 8.78. The van der Waals surface area contributed by atoms with Crippen LogP contribution < -0.4 is 0 Å². The first-order valence-electron chi connectivity index (χ1n) is 10.0. The number of ether oxygens (including phenoxy) is 1. The molecule has 0 aromatic heterocycles. The van der Waals surface area contributed by atoms with Gasteiger partial charge in [0.25, 0.3) is 0 Å². The molecule has 3 saturated carbocycles. The highest BCUT2D eigenvalue weighted by atomic mass is 16.6. The van der Waals surface area contributed by atoms with Crippen LogP contribution in [0.1, 0.15) is 46.5 Å². The molecule has 1 spiro atoms. The van der Waals surface area contributed by atoms with E-state index in [1.54, 1.807) is 6.08 Å². The average molecular weight is 356 g/mol. The summed E-state index contributed by atoms with van der Waals surface area (Å²) in [7, 11) is 0. The van der Waals surface area contributed by atoms with Crippen LogP contribution in [0.15, 0.2) is 23.8 Å². The van der Waals surface area contributed by atoms with E-state index in [2.05, 4.69) is 26.8 Å². The molecule has 4 fully saturated rings. The summed E-state index contributed by atoms with van der Waals surface area (Å²) >= 11 is 0. The molecule has 5 unspecified atom stereocenters. The molecular formula is C22H28O4. The number of aliphatic hydroxyl groups is 1. The highest BCUT2D eigenvalue weighted by molar-refractivity contribution is 6.01. The van der Waals surface area contributed by atoms with E-state index in [-0.39, 0.29) is 46.6 Å². The molecule has 1 saturated heterocycles. The molecule has 1 N–H and O–H groups in total. The second kappa shape index (κ2) is 4.96. The molecule has 4 aliphatic carbocycles. The molecule has 0 radical (unpaired) electrons. The minimum absolute atomic E-state index is 0.00131. The molecule has 0 bridgehead atoms. The molecular weight excluding hydrogens is 328 g/mol. The second-order valence-electron chi connectivity index (χ2n) is 9.78. The molecule has 4 nitrogen and oxygen atoms in total. The first-order valence-corrected chi connectivity index (χ1v) is 10.0. The largest absolute Gasteiger partial charge is 0.389 e. The van der Waals surface area contributed by atoms with Crippen LogP contribution in [0.2, 0.25) is 0 Å². The van der Waals surface area contributed by atoms with E-state index < -0.39 is 0 Å². The standard InChI is InChI=1S/C22H28O4/c1-12-8-16-15-5-4-13-9-14(24)6-7-21(13,3)22(15)18(26-22)10-20(16,2)19(12)17(25)11-23/h6-7,9,12,15-16,18-19,23H,4-5,8,10-11H2,1-3H3/t12?,15?,16?,18?,19?,20-,21-,22+/m0/s1. The molecule has 4 heteroatoms. The molecule has 8 atom stereocenters. The number of ketones is 2. The van der Waals surface area contributed by atoms with Crippen molar-refractivity contribution in [1.82, 2.24) is 0 Å². The van der Waals surface area contributed by atoms with Crippen molar-refractivity contribution in [3.8, 4) is 0 Å². The van der Waals surface area contributed by atoms with Gasteiger partial charge in [-0.2, -0.15) is 0 Å². The normalized spacial score (nSPS) is 53.9. The van der Waals surface area contributed by atoms with Gasteiger partial charge in [0.2, 0.25) is 0 Å². The maximum absolute atomic E-state index is 12.5. The summed E-state index contributed by atoms with van der Waals surface area (Å²) in [5, 5.41) is 9.52. The van der Waals surface area contributed by atoms with E-state index in [0.29, 0.717) is 17.8 Å². The first-order chi connectivity index (χ1) is 12.3. The van der Waals surface area contributed by atoms with Crippen LogP contribution in [0, 0.1) is 34.5 Å². The van der Waals surface area contributed by atoms with Crippen LogP contribution in [0.3, 0.4) is 0 Å². The first kappa shape index (κ1) is 16.9. The molecule has 1 aliphatic heterocycles. The van der Waals surface area contributed by atoms with Gasteiger partial charge >= 0.3 is 0 Å². The Morgan fingerprint density at radius 2 is 2.12 bits per heavy atom. The van der Waals surface area contributed by atoms with Crippen LogP contribution >= 0.6 is 0 Å². The monoisotopic (exact) mass is 356 g/mol. The van der Waals surface area contributed by atoms with Crippen molar-refractivity contribution in [3.05, 3.63) is 23.8 Å². The fourth-order valence-corrected chi connectivity index (χ4v) is 7.80. The number of carbonyl (C=O) groups excluding carboxylic acids is 2. The zero-order valence-electron chi connectivity index (χ0n) is 15.8. The predicted molar refractivity (Wildman–Crippen MR) is 96.2 cm³/mol. The summed E-state index contributed by atoms with van der Waals surface area (Å²) < 4.78 is 6.50. The lowest BCUT2D eigenvalue weighted by molar-refractivity contribution is -0.132. The Morgan fingerprint density at radius 3 is 2.85 bits per heavy atom. The van der Waals surface area contributed by atoms with E-state index >= 15 is 0 Å². The van der Waals surface area contributed by atoms with Gasteiger partial charge in [-0.15, -0.1) is 0 Å². The highest BCUT2D eigenvalue weighted by Gasteiger charge is 2.79. The zero-order chi connectivity index (χ0) is 18.5. The average Bonchev–Trinajstić information content (AvgIpc) is 3.24. The Bertz CT molecular complexity index is 766. The van der Waals surface area contributed by atoms with Crippen molar-refractivity contribution in [2.24, 2.45) is 34.5 Å². The Labute approximate surface area is 154 Å². The molecule has 0 aromatic carbocycles. The molecule has 0 aromatic rings. The zero-order valence-corrected chi connectivity index (χ0v) is 15.8. The van der Waals surface area contributed by atoms with E-state index in [0.717, 1.165) is 25.7 Å². The van der Waals surface area contributed by atoms with Gasteiger partial charge in [0, 0.05) is 11.3 Å². The van der Waals surface area contributed by atoms with E-state index in [4.69, 9.17) is 4.74 Å². The maximum Gasteiger partial charge on any atom is 0.178 e. The third-order valence-corrected chi connectivity index (χ3v) is 8.78. The summed E-state index contributed by atoms with van der Waals surface area (Å²) in [6.07, 6.45) is 9.68. The Morgan fingerprint density at radius 1 is 1.35 bits per heavy atom. The number of hydrogen-bond donors (Lipinski definition) is 1. The lowest BCUT2D eigenvalue weighted by atomic mass is 9.47. The van der Waals surface area contributed by atoms with Crippen molar-refractivity contribution in [1.29, 1.82) is 0 Å². The molecule has 5 rings (SSSR count). The Balaban J connectivity index is 1.57. The van der Waals surface area contributed by atoms with Crippen molar-refractivity contribution < 1.29 is 19.4 Å². The Hall–Kier alpha value is -1.26. The fraction of sp³-hybridized carbons (Fsp3) is 0.727. The van der Waals surface area contributed by atoms with Gasteiger partial charge in [-0.05, 0) is 67.9 Å². The van der Waals surface area contributed by atoms with Gasteiger partial charge in [0.15, 0.2) is 11.6 Å². The summed E-state index contributed by atoms with van der Waals surface area (Å²) in [6.45, 7) is 6.33. The van der Waals surface area contributed by atoms with E-state index in [1.165, 1.54) is 5.57 Å². The topological polar surface area (TPSA) is 66.9 Å². The minimum atomic E-state index is -0.353. The molecule has 140 valence electrons. The van der Waals surface area contributed by atoms with Crippen molar-refractivity contribution in [3.63, 3.8) is 0 Å². The van der Waals surface area contributed by atoms with Gasteiger partial charge in [0.1, 0.15) is 12.2 Å². The number of Topliss-reactive ketones (excluding diaryl/α,β-unsaturated/α-hetero) is 1. The number of allylic oxidation sites excluding steroid dienone is 2. The number of carbonyl (C=O) groups is 2. The lowest BCUT2D eigenvalue weighted by Crippen LogP contribution is -2.57. The van der Waals surface area contributed by atoms with Gasteiger partial charge in [-0.3, -0.25) is 9.59 Å². The highest BCUT2D eigenvalue weighted by Crippen LogP contribution is 2.75. The summed E-state index contributed by atoms with van der Waals surface area (Å²) in [6, 6.07) is 0. The predicted octanol–water partition coefficient (Wildman–Crippen LogP) is 2.85. The maximum atomic E-state index is 12.5. The van der Waals surface area contributed by atoms with Gasteiger partial charge < -0.3 is 9.84 Å². The third kappa shape index (κ3) is 1.73. The summed E-state index contributed by atoms with van der Waals surface area (Å²) in [5.41, 5.74) is 0.745. The van der Waals surface area contributed by atoms with Gasteiger partial charge in [-0.1, -0.05) is 25.5 Å². The number of rotatable bonds is 2.